The van der Waals surface area contributed by atoms with Crippen LogP contribution in [-0.4, -0.2) is 11.3 Å². The van der Waals surface area contributed by atoms with Gasteiger partial charge in [0.25, 0.3) is 5.89 Å². The van der Waals surface area contributed by atoms with Crippen molar-refractivity contribution in [1.29, 1.82) is 0 Å². The van der Waals surface area contributed by atoms with Gasteiger partial charge in [-0.15, -0.1) is 0 Å². The standard InChI is InChI=1S/C10H6FNO2/c11-8-4-2-1-3-7(8)9-5-12-10(6-13)14-9/h1-6H. The molecule has 3 nitrogen and oxygen atoms in total. The molecule has 0 fully saturated rings. The molecule has 0 aliphatic rings. The Balaban J connectivity index is 2.49. The number of halogens is 1. The summed E-state index contributed by atoms with van der Waals surface area (Å²) < 4.78 is 18.2. The van der Waals surface area contributed by atoms with Gasteiger partial charge in [-0.2, -0.15) is 0 Å². The van der Waals surface area contributed by atoms with E-state index in [0.717, 1.165) is 0 Å². The summed E-state index contributed by atoms with van der Waals surface area (Å²) in [7, 11) is 0. The Morgan fingerprint density at radius 2 is 2.14 bits per heavy atom. The molecule has 0 saturated heterocycles. The lowest BCUT2D eigenvalue weighted by molar-refractivity contribution is 0.109. The lowest BCUT2D eigenvalue weighted by atomic mass is 10.2. The molecule has 1 heterocycles. The monoisotopic (exact) mass is 191 g/mol. The van der Waals surface area contributed by atoms with Crippen molar-refractivity contribution in [2.24, 2.45) is 0 Å². The summed E-state index contributed by atoms with van der Waals surface area (Å²) in [6, 6.07) is 6.14. The van der Waals surface area contributed by atoms with E-state index < -0.39 is 5.82 Å². The summed E-state index contributed by atoms with van der Waals surface area (Å²) in [6.07, 6.45) is 1.80. The van der Waals surface area contributed by atoms with Crippen molar-refractivity contribution in [3.05, 3.63) is 42.2 Å². The molecule has 0 amide bonds. The first kappa shape index (κ1) is 8.62. The lowest BCUT2D eigenvalue weighted by Gasteiger charge is -1.96. The van der Waals surface area contributed by atoms with Crippen molar-refractivity contribution in [1.82, 2.24) is 4.98 Å². The molecule has 0 N–H and O–H groups in total. The third-order valence-corrected chi connectivity index (χ3v) is 1.76. The molecular weight excluding hydrogens is 185 g/mol. The van der Waals surface area contributed by atoms with E-state index >= 15 is 0 Å². The fourth-order valence-electron chi connectivity index (χ4n) is 1.13. The number of aromatic nitrogens is 1. The highest BCUT2D eigenvalue weighted by atomic mass is 19.1. The van der Waals surface area contributed by atoms with Crippen molar-refractivity contribution >= 4 is 6.29 Å². The summed E-state index contributed by atoms with van der Waals surface area (Å²) in [5.41, 5.74) is 0.299. The maximum Gasteiger partial charge on any atom is 0.260 e. The summed E-state index contributed by atoms with van der Waals surface area (Å²) in [5.74, 6) is -0.199. The number of carbonyl (C=O) groups excluding carboxylic acids is 1. The molecule has 0 spiro atoms. The molecule has 0 atom stereocenters. The Bertz CT molecular complexity index is 465. The summed E-state index contributed by atoms with van der Waals surface area (Å²) in [5, 5.41) is 0. The third-order valence-electron chi connectivity index (χ3n) is 1.76. The number of aldehydes is 1. The van der Waals surface area contributed by atoms with E-state index in [4.69, 9.17) is 4.42 Å². The molecule has 2 rings (SSSR count). The van der Waals surface area contributed by atoms with Crippen LogP contribution in [0.2, 0.25) is 0 Å². The average molecular weight is 191 g/mol. The minimum Gasteiger partial charge on any atom is -0.434 e. The van der Waals surface area contributed by atoms with Crippen LogP contribution in [-0.2, 0) is 0 Å². The minimum absolute atomic E-state index is 0.0525. The van der Waals surface area contributed by atoms with Crippen molar-refractivity contribution < 1.29 is 13.6 Å². The summed E-state index contributed by atoms with van der Waals surface area (Å²) in [6.45, 7) is 0. The van der Waals surface area contributed by atoms with Crippen molar-refractivity contribution in [3.8, 4) is 11.3 Å². The van der Waals surface area contributed by atoms with Crippen LogP contribution in [0, 0.1) is 5.82 Å². The van der Waals surface area contributed by atoms with Gasteiger partial charge < -0.3 is 4.42 Å². The maximum atomic E-state index is 13.2. The summed E-state index contributed by atoms with van der Waals surface area (Å²) in [4.78, 5) is 13.9. The Morgan fingerprint density at radius 1 is 1.36 bits per heavy atom. The second kappa shape index (κ2) is 3.41. The molecule has 1 aromatic carbocycles. The predicted molar refractivity (Wildman–Crippen MR) is 47.3 cm³/mol. The van der Waals surface area contributed by atoms with Gasteiger partial charge in [-0.25, -0.2) is 9.37 Å². The molecule has 1 aromatic heterocycles. The second-order valence-electron chi connectivity index (χ2n) is 2.66. The smallest absolute Gasteiger partial charge is 0.260 e. The lowest BCUT2D eigenvalue weighted by Crippen LogP contribution is -1.80. The zero-order valence-corrected chi connectivity index (χ0v) is 7.11. The van der Waals surface area contributed by atoms with Gasteiger partial charge in [0.1, 0.15) is 5.82 Å². The first-order valence-electron chi connectivity index (χ1n) is 3.97. The molecule has 70 valence electrons. The van der Waals surface area contributed by atoms with E-state index in [0.29, 0.717) is 11.8 Å². The van der Waals surface area contributed by atoms with Crippen molar-refractivity contribution in [3.63, 3.8) is 0 Å². The van der Waals surface area contributed by atoms with E-state index in [9.17, 15) is 9.18 Å². The molecule has 0 saturated carbocycles. The first-order chi connectivity index (χ1) is 6.81. The normalized spacial score (nSPS) is 10.1. The van der Waals surface area contributed by atoms with Gasteiger partial charge in [-0.3, -0.25) is 4.79 Å². The third kappa shape index (κ3) is 1.42. The summed E-state index contributed by atoms with van der Waals surface area (Å²) >= 11 is 0. The van der Waals surface area contributed by atoms with Crippen molar-refractivity contribution in [2.75, 3.05) is 0 Å². The number of benzene rings is 1. The largest absolute Gasteiger partial charge is 0.434 e. The van der Waals surface area contributed by atoms with E-state index in [2.05, 4.69) is 4.98 Å². The van der Waals surface area contributed by atoms with Gasteiger partial charge in [0.15, 0.2) is 5.76 Å². The topological polar surface area (TPSA) is 43.1 Å². The van der Waals surface area contributed by atoms with Crippen LogP contribution >= 0.6 is 0 Å². The number of hydrogen-bond donors (Lipinski definition) is 0. The van der Waals surface area contributed by atoms with Crippen LogP contribution in [0.3, 0.4) is 0 Å². The maximum absolute atomic E-state index is 13.2. The van der Waals surface area contributed by atoms with Gasteiger partial charge in [0.2, 0.25) is 6.29 Å². The van der Waals surface area contributed by atoms with Crippen LogP contribution in [0.1, 0.15) is 10.7 Å². The number of hydrogen-bond acceptors (Lipinski definition) is 3. The number of rotatable bonds is 2. The van der Waals surface area contributed by atoms with Crippen LogP contribution in [0.4, 0.5) is 4.39 Å². The van der Waals surface area contributed by atoms with Gasteiger partial charge in [0, 0.05) is 0 Å². The molecule has 0 bridgehead atoms. The highest BCUT2D eigenvalue weighted by molar-refractivity contribution is 5.69. The van der Waals surface area contributed by atoms with Crippen molar-refractivity contribution in [2.45, 2.75) is 0 Å². The van der Waals surface area contributed by atoms with E-state index in [1.165, 1.54) is 12.3 Å². The molecule has 0 radical (unpaired) electrons. The Hall–Kier alpha value is -1.97. The van der Waals surface area contributed by atoms with Crippen LogP contribution < -0.4 is 0 Å². The molecule has 2 aromatic rings. The Kier molecular flexibility index (Phi) is 2.10. The van der Waals surface area contributed by atoms with E-state index in [-0.39, 0.29) is 11.7 Å². The van der Waals surface area contributed by atoms with Gasteiger partial charge in [-0.05, 0) is 12.1 Å². The van der Waals surface area contributed by atoms with E-state index in [1.807, 2.05) is 0 Å². The SMILES string of the molecule is O=Cc1ncc(-c2ccccc2F)o1. The predicted octanol–water partition coefficient (Wildman–Crippen LogP) is 2.29. The van der Waals surface area contributed by atoms with Gasteiger partial charge in [-0.1, -0.05) is 12.1 Å². The molecular formula is C10H6FNO2. The number of carbonyl (C=O) groups is 1. The minimum atomic E-state index is -0.402. The van der Waals surface area contributed by atoms with Gasteiger partial charge in [0.05, 0.1) is 11.8 Å². The highest BCUT2D eigenvalue weighted by Crippen LogP contribution is 2.22. The number of nitrogens with zero attached hydrogens (tertiary/aromatic N) is 1. The highest BCUT2D eigenvalue weighted by Gasteiger charge is 2.09. The fraction of sp³-hybridized carbons (Fsp3) is 0. The average Bonchev–Trinajstić information content (AvgIpc) is 2.67. The molecule has 0 aliphatic heterocycles. The molecule has 0 aliphatic carbocycles. The second-order valence-corrected chi connectivity index (χ2v) is 2.66. The van der Waals surface area contributed by atoms with E-state index in [1.54, 1.807) is 18.2 Å². The van der Waals surface area contributed by atoms with Gasteiger partial charge >= 0.3 is 0 Å². The van der Waals surface area contributed by atoms with Crippen LogP contribution in [0.5, 0.6) is 0 Å². The zero-order chi connectivity index (χ0) is 9.97. The molecule has 14 heavy (non-hydrogen) atoms. The fourth-order valence-corrected chi connectivity index (χ4v) is 1.13. The Labute approximate surface area is 79.2 Å². The zero-order valence-electron chi connectivity index (χ0n) is 7.11. The number of oxazole rings is 1. The molecule has 0 unspecified atom stereocenters. The first-order valence-corrected chi connectivity index (χ1v) is 3.97. The quantitative estimate of drug-likeness (QED) is 0.684. The van der Waals surface area contributed by atoms with Crippen LogP contribution in [0.15, 0.2) is 34.9 Å². The Morgan fingerprint density at radius 3 is 2.79 bits per heavy atom. The molecule has 4 heteroatoms. The van der Waals surface area contributed by atoms with Crippen LogP contribution in [0.25, 0.3) is 11.3 Å².